The zero-order valence-electron chi connectivity index (χ0n) is 11.3. The topological polar surface area (TPSA) is 69.4 Å². The van der Waals surface area contributed by atoms with Crippen molar-refractivity contribution in [2.45, 2.75) is 39.2 Å². The molecule has 0 aromatic heterocycles. The van der Waals surface area contributed by atoms with E-state index in [2.05, 4.69) is 0 Å². The number of primary amides is 1. The van der Waals surface area contributed by atoms with E-state index in [4.69, 9.17) is 10.5 Å². The predicted octanol–water partition coefficient (Wildman–Crippen LogP) is 1.99. The van der Waals surface area contributed by atoms with Gasteiger partial charge in [-0.2, -0.15) is 0 Å². The molecule has 1 aromatic carbocycles. The molecule has 0 saturated heterocycles. The summed E-state index contributed by atoms with van der Waals surface area (Å²) in [5, 5.41) is 0. The van der Waals surface area contributed by atoms with Crippen molar-refractivity contribution in [1.82, 2.24) is 0 Å². The number of carbonyl (C=O) groups is 2. The molecule has 1 fully saturated rings. The highest BCUT2D eigenvalue weighted by atomic mass is 16.5. The summed E-state index contributed by atoms with van der Waals surface area (Å²) in [4.78, 5) is 23.8. The molecule has 0 heterocycles. The van der Waals surface area contributed by atoms with Crippen molar-refractivity contribution in [2.75, 3.05) is 0 Å². The molecule has 1 amide bonds. The quantitative estimate of drug-likeness (QED) is 0.796. The molecule has 4 nitrogen and oxygen atoms in total. The molecule has 1 saturated carbocycles. The van der Waals surface area contributed by atoms with Crippen LogP contribution in [0.1, 0.15) is 31.7 Å². The fraction of sp³-hybridized carbons (Fsp3) is 0.467. The van der Waals surface area contributed by atoms with Gasteiger partial charge >= 0.3 is 0 Å². The minimum absolute atomic E-state index is 0.178. The van der Waals surface area contributed by atoms with E-state index in [1.54, 1.807) is 12.1 Å². The molecular formula is C15H19NO3. The van der Waals surface area contributed by atoms with Gasteiger partial charge in [-0.3, -0.25) is 9.59 Å². The van der Waals surface area contributed by atoms with Crippen LogP contribution < -0.4 is 10.5 Å². The Morgan fingerprint density at radius 3 is 2.32 bits per heavy atom. The smallest absolute Gasteiger partial charge is 0.266 e. The zero-order chi connectivity index (χ0) is 14.0. The molecule has 102 valence electrons. The highest BCUT2D eigenvalue weighted by Gasteiger charge is 2.52. The van der Waals surface area contributed by atoms with Gasteiger partial charge < -0.3 is 10.5 Å². The van der Waals surface area contributed by atoms with Crippen LogP contribution in [0.25, 0.3) is 0 Å². The van der Waals surface area contributed by atoms with Crippen LogP contribution in [-0.4, -0.2) is 17.8 Å². The van der Waals surface area contributed by atoms with Gasteiger partial charge in [0.1, 0.15) is 5.75 Å². The van der Waals surface area contributed by atoms with Crippen LogP contribution in [0, 0.1) is 12.3 Å². The van der Waals surface area contributed by atoms with Gasteiger partial charge in [-0.05, 0) is 38.3 Å². The predicted molar refractivity (Wildman–Crippen MR) is 71.8 cm³/mol. The molecule has 1 aliphatic rings. The van der Waals surface area contributed by atoms with E-state index in [0.717, 1.165) is 24.8 Å². The van der Waals surface area contributed by atoms with Crippen LogP contribution in [-0.2, 0) is 9.59 Å². The molecule has 0 spiro atoms. The van der Waals surface area contributed by atoms with E-state index in [1.165, 1.54) is 0 Å². The highest BCUT2D eigenvalue weighted by molar-refractivity contribution is 6.07. The molecule has 4 heteroatoms. The maximum absolute atomic E-state index is 12.3. The average molecular weight is 261 g/mol. The Bertz CT molecular complexity index is 489. The lowest BCUT2D eigenvalue weighted by Gasteiger charge is -2.19. The number of ether oxygens (including phenoxy) is 1. The van der Waals surface area contributed by atoms with Gasteiger partial charge in [0.25, 0.3) is 5.91 Å². The summed E-state index contributed by atoms with van der Waals surface area (Å²) < 4.78 is 5.50. The number of amides is 1. The summed E-state index contributed by atoms with van der Waals surface area (Å²) in [6.07, 6.45) is 1.20. The van der Waals surface area contributed by atoms with Gasteiger partial charge in [0.05, 0.1) is 0 Å². The summed E-state index contributed by atoms with van der Waals surface area (Å²) in [6.45, 7) is 3.91. The molecule has 19 heavy (non-hydrogen) atoms. The Labute approximate surface area is 112 Å². The van der Waals surface area contributed by atoms with E-state index in [-0.39, 0.29) is 11.2 Å². The molecule has 0 bridgehead atoms. The molecule has 1 atom stereocenters. The minimum atomic E-state index is -1.18. The summed E-state index contributed by atoms with van der Waals surface area (Å²) in [7, 11) is 0. The van der Waals surface area contributed by atoms with Crippen LogP contribution in [0.2, 0.25) is 0 Å². The largest absolute Gasteiger partial charge is 0.473 e. The van der Waals surface area contributed by atoms with E-state index in [1.807, 2.05) is 26.0 Å². The first-order valence-corrected chi connectivity index (χ1v) is 6.55. The Morgan fingerprint density at radius 2 is 1.89 bits per heavy atom. The average Bonchev–Trinajstić information content (AvgIpc) is 3.18. The number of benzene rings is 1. The van der Waals surface area contributed by atoms with Crippen molar-refractivity contribution in [3.8, 4) is 5.75 Å². The minimum Gasteiger partial charge on any atom is -0.473 e. The first-order valence-electron chi connectivity index (χ1n) is 6.55. The lowest BCUT2D eigenvalue weighted by molar-refractivity contribution is -0.139. The number of carbonyl (C=O) groups excluding carboxylic acids is 2. The van der Waals surface area contributed by atoms with Crippen LogP contribution >= 0.6 is 0 Å². The number of Topliss-reactive ketones (excluding diaryl/α,β-unsaturated/α-hetero) is 1. The second kappa shape index (κ2) is 5.03. The number of aryl methyl sites for hydroxylation is 1. The molecule has 2 rings (SSSR count). The Hall–Kier alpha value is -1.84. The zero-order valence-corrected chi connectivity index (χ0v) is 11.3. The molecule has 2 N–H and O–H groups in total. The molecule has 1 unspecified atom stereocenters. The molecule has 0 radical (unpaired) electrons. The normalized spacial score (nSPS) is 17.6. The lowest BCUT2D eigenvalue weighted by atomic mass is 9.93. The van der Waals surface area contributed by atoms with E-state index >= 15 is 0 Å². The van der Waals surface area contributed by atoms with Gasteiger partial charge in [-0.25, -0.2) is 0 Å². The van der Waals surface area contributed by atoms with Gasteiger partial charge in [0, 0.05) is 5.41 Å². The summed E-state index contributed by atoms with van der Waals surface area (Å²) in [5.74, 6) is -0.400. The molecule has 1 aromatic rings. The van der Waals surface area contributed by atoms with Gasteiger partial charge in [-0.15, -0.1) is 0 Å². The second-order valence-electron chi connectivity index (χ2n) is 5.21. The van der Waals surface area contributed by atoms with Crippen molar-refractivity contribution in [3.63, 3.8) is 0 Å². The van der Waals surface area contributed by atoms with Crippen LogP contribution in [0.3, 0.4) is 0 Å². The highest BCUT2D eigenvalue weighted by Crippen LogP contribution is 2.50. The van der Waals surface area contributed by atoms with Crippen molar-refractivity contribution < 1.29 is 14.3 Å². The van der Waals surface area contributed by atoms with Crippen LogP contribution in [0.15, 0.2) is 24.3 Å². The third-order valence-corrected chi connectivity index (χ3v) is 3.82. The van der Waals surface area contributed by atoms with Gasteiger partial charge in [-0.1, -0.05) is 24.6 Å². The van der Waals surface area contributed by atoms with Gasteiger partial charge in [0.2, 0.25) is 6.10 Å². The summed E-state index contributed by atoms with van der Waals surface area (Å²) in [5.41, 5.74) is 6.01. The monoisotopic (exact) mass is 261 g/mol. The number of hydrogen-bond acceptors (Lipinski definition) is 3. The van der Waals surface area contributed by atoms with E-state index in [0.29, 0.717) is 5.75 Å². The third kappa shape index (κ3) is 2.78. The Kier molecular flexibility index (Phi) is 3.60. The molecule has 1 aliphatic carbocycles. The number of ketones is 1. The van der Waals surface area contributed by atoms with Crippen molar-refractivity contribution in [1.29, 1.82) is 0 Å². The Morgan fingerprint density at radius 1 is 1.32 bits per heavy atom. The summed E-state index contributed by atoms with van der Waals surface area (Å²) in [6, 6.07) is 7.21. The standard InChI is InChI=1S/C15H19NO3/c1-3-15(8-9-15)13(17)12(14(16)18)19-11-6-4-10(2)5-7-11/h4-7,12H,3,8-9H2,1-2H3,(H2,16,18). The maximum Gasteiger partial charge on any atom is 0.266 e. The lowest BCUT2D eigenvalue weighted by Crippen LogP contribution is -2.44. The SMILES string of the molecule is CCC1(C(=O)C(Oc2ccc(C)cc2)C(N)=O)CC1. The van der Waals surface area contributed by atoms with E-state index in [9.17, 15) is 9.59 Å². The second-order valence-corrected chi connectivity index (χ2v) is 5.21. The van der Waals surface area contributed by atoms with E-state index < -0.39 is 12.0 Å². The maximum atomic E-state index is 12.3. The summed E-state index contributed by atoms with van der Waals surface area (Å²) >= 11 is 0. The number of hydrogen-bond donors (Lipinski definition) is 1. The first kappa shape index (κ1) is 13.6. The third-order valence-electron chi connectivity index (χ3n) is 3.82. The fourth-order valence-corrected chi connectivity index (χ4v) is 2.20. The number of rotatable bonds is 6. The first-order chi connectivity index (χ1) is 8.98. The van der Waals surface area contributed by atoms with Gasteiger partial charge in [0.15, 0.2) is 5.78 Å². The van der Waals surface area contributed by atoms with Crippen molar-refractivity contribution >= 4 is 11.7 Å². The molecular weight excluding hydrogens is 242 g/mol. The fourth-order valence-electron chi connectivity index (χ4n) is 2.20. The van der Waals surface area contributed by atoms with Crippen LogP contribution in [0.5, 0.6) is 5.75 Å². The molecule has 0 aliphatic heterocycles. The van der Waals surface area contributed by atoms with Crippen LogP contribution in [0.4, 0.5) is 0 Å². The number of nitrogens with two attached hydrogens (primary N) is 1. The Balaban J connectivity index is 2.15. The van der Waals surface area contributed by atoms with Crippen molar-refractivity contribution in [2.24, 2.45) is 11.1 Å². The van der Waals surface area contributed by atoms with Crippen molar-refractivity contribution in [3.05, 3.63) is 29.8 Å².